The van der Waals surface area contributed by atoms with Crippen molar-refractivity contribution in [2.45, 2.75) is 13.8 Å². The van der Waals surface area contributed by atoms with Crippen LogP contribution in [0.5, 0.6) is 0 Å². The Kier molecular flexibility index (Phi) is 1.51. The van der Waals surface area contributed by atoms with E-state index in [2.05, 4.69) is 15.9 Å². The monoisotopic (exact) mass is 240 g/mol. The molecular formula is C10H9BrO2. The predicted octanol–water partition coefficient (Wildman–Crippen LogP) is 2.00. The second-order valence-corrected chi connectivity index (χ2v) is 4.78. The SMILES string of the molecule is C[C@@]12C=CC(=O)[C@@]1(C)C=C(Br)C2=O. The highest BCUT2D eigenvalue weighted by Gasteiger charge is 2.58. The second-order valence-electron chi connectivity index (χ2n) is 3.92. The minimum absolute atomic E-state index is 0.00269. The number of hydrogen-bond donors (Lipinski definition) is 0. The number of fused-ring (bicyclic) bond motifs is 1. The molecule has 0 aliphatic heterocycles. The van der Waals surface area contributed by atoms with Crippen LogP contribution in [0.2, 0.25) is 0 Å². The first-order chi connectivity index (χ1) is 5.92. The van der Waals surface area contributed by atoms with Gasteiger partial charge in [0.1, 0.15) is 0 Å². The van der Waals surface area contributed by atoms with Gasteiger partial charge in [-0.25, -0.2) is 0 Å². The first kappa shape index (κ1) is 8.88. The number of Topliss-reactive ketones (excluding diaryl/α,β-unsaturated/α-hetero) is 1. The van der Waals surface area contributed by atoms with Crippen molar-refractivity contribution in [1.82, 2.24) is 0 Å². The van der Waals surface area contributed by atoms with Gasteiger partial charge in [0.2, 0.25) is 0 Å². The zero-order chi connectivity index (χ0) is 9.85. The molecule has 3 heteroatoms. The molecule has 0 unspecified atom stereocenters. The predicted molar refractivity (Wildman–Crippen MR) is 52.4 cm³/mol. The normalized spacial score (nSPS) is 42.5. The number of carbonyl (C=O) groups excluding carboxylic acids is 2. The molecule has 0 saturated heterocycles. The first-order valence-electron chi connectivity index (χ1n) is 4.09. The highest BCUT2D eigenvalue weighted by molar-refractivity contribution is 9.12. The smallest absolute Gasteiger partial charge is 0.180 e. The molecule has 0 fully saturated rings. The second kappa shape index (κ2) is 2.21. The van der Waals surface area contributed by atoms with E-state index in [9.17, 15) is 9.59 Å². The van der Waals surface area contributed by atoms with Crippen molar-refractivity contribution in [3.8, 4) is 0 Å². The number of halogens is 1. The van der Waals surface area contributed by atoms with Crippen molar-refractivity contribution < 1.29 is 9.59 Å². The fourth-order valence-electron chi connectivity index (χ4n) is 1.94. The number of ketones is 2. The molecule has 0 radical (unpaired) electrons. The van der Waals surface area contributed by atoms with Gasteiger partial charge in [0.25, 0.3) is 0 Å². The van der Waals surface area contributed by atoms with E-state index < -0.39 is 10.8 Å². The van der Waals surface area contributed by atoms with Crippen LogP contribution < -0.4 is 0 Å². The molecule has 13 heavy (non-hydrogen) atoms. The van der Waals surface area contributed by atoms with Gasteiger partial charge < -0.3 is 0 Å². The summed E-state index contributed by atoms with van der Waals surface area (Å²) in [7, 11) is 0. The minimum Gasteiger partial charge on any atom is -0.294 e. The van der Waals surface area contributed by atoms with Crippen LogP contribution in [0.15, 0.2) is 22.7 Å². The minimum atomic E-state index is -0.664. The summed E-state index contributed by atoms with van der Waals surface area (Å²) in [4.78, 5) is 23.3. The third-order valence-electron chi connectivity index (χ3n) is 3.26. The molecule has 2 aliphatic carbocycles. The highest BCUT2D eigenvalue weighted by Crippen LogP contribution is 2.54. The number of allylic oxidation sites excluding steroid dienone is 4. The Morgan fingerprint density at radius 2 is 1.85 bits per heavy atom. The molecule has 0 aromatic rings. The number of hydrogen-bond acceptors (Lipinski definition) is 2. The van der Waals surface area contributed by atoms with E-state index in [0.717, 1.165) is 0 Å². The maximum Gasteiger partial charge on any atom is 0.180 e. The van der Waals surface area contributed by atoms with E-state index in [0.29, 0.717) is 4.48 Å². The largest absolute Gasteiger partial charge is 0.294 e. The van der Waals surface area contributed by atoms with Crippen LogP contribution in [-0.4, -0.2) is 11.6 Å². The average Bonchev–Trinajstić information content (AvgIpc) is 2.38. The lowest BCUT2D eigenvalue weighted by Gasteiger charge is -2.29. The third kappa shape index (κ3) is 0.784. The molecular weight excluding hydrogens is 232 g/mol. The summed E-state index contributed by atoms with van der Waals surface area (Å²) in [6, 6.07) is 0. The van der Waals surface area contributed by atoms with Gasteiger partial charge in [0.15, 0.2) is 11.6 Å². The lowest BCUT2D eigenvalue weighted by Crippen LogP contribution is -2.37. The Balaban J connectivity index is 2.65. The van der Waals surface area contributed by atoms with Crippen molar-refractivity contribution >= 4 is 27.5 Å². The van der Waals surface area contributed by atoms with Crippen LogP contribution in [0.4, 0.5) is 0 Å². The molecule has 0 saturated carbocycles. The fourth-order valence-corrected chi connectivity index (χ4v) is 2.81. The molecule has 2 rings (SSSR count). The first-order valence-corrected chi connectivity index (χ1v) is 4.88. The average molecular weight is 241 g/mol. The molecule has 2 nitrogen and oxygen atoms in total. The summed E-state index contributed by atoms with van der Waals surface area (Å²) in [5, 5.41) is 0. The topological polar surface area (TPSA) is 34.1 Å². The molecule has 0 aromatic carbocycles. The van der Waals surface area contributed by atoms with Crippen LogP contribution in [0.1, 0.15) is 13.8 Å². The van der Waals surface area contributed by atoms with Gasteiger partial charge in [-0.1, -0.05) is 12.2 Å². The molecule has 2 aliphatic rings. The van der Waals surface area contributed by atoms with Crippen LogP contribution in [0.25, 0.3) is 0 Å². The maximum atomic E-state index is 11.7. The van der Waals surface area contributed by atoms with Crippen LogP contribution in [-0.2, 0) is 9.59 Å². The molecule has 68 valence electrons. The third-order valence-corrected chi connectivity index (χ3v) is 3.85. The highest BCUT2D eigenvalue weighted by atomic mass is 79.9. The Morgan fingerprint density at radius 3 is 2.38 bits per heavy atom. The van der Waals surface area contributed by atoms with Gasteiger partial charge in [-0.2, -0.15) is 0 Å². The van der Waals surface area contributed by atoms with Gasteiger partial charge in [-0.3, -0.25) is 9.59 Å². The van der Waals surface area contributed by atoms with Crippen molar-refractivity contribution in [3.63, 3.8) is 0 Å². The summed E-state index contributed by atoms with van der Waals surface area (Å²) in [5.41, 5.74) is -1.33. The van der Waals surface area contributed by atoms with Gasteiger partial charge in [0.05, 0.1) is 15.3 Å². The van der Waals surface area contributed by atoms with Gasteiger partial charge in [-0.05, 0) is 35.9 Å². The Bertz CT molecular complexity index is 380. The zero-order valence-corrected chi connectivity index (χ0v) is 9.01. The van der Waals surface area contributed by atoms with Crippen LogP contribution in [0.3, 0.4) is 0 Å². The quantitative estimate of drug-likeness (QED) is 0.650. The fraction of sp³-hybridized carbons (Fsp3) is 0.400. The van der Waals surface area contributed by atoms with E-state index in [1.807, 2.05) is 13.8 Å². The van der Waals surface area contributed by atoms with Gasteiger partial charge >= 0.3 is 0 Å². The van der Waals surface area contributed by atoms with Crippen molar-refractivity contribution in [1.29, 1.82) is 0 Å². The molecule has 2 atom stereocenters. The van der Waals surface area contributed by atoms with E-state index >= 15 is 0 Å². The summed E-state index contributed by atoms with van der Waals surface area (Å²) in [6.45, 7) is 3.61. The summed E-state index contributed by atoms with van der Waals surface area (Å²) < 4.78 is 0.523. The van der Waals surface area contributed by atoms with E-state index in [-0.39, 0.29) is 11.6 Å². The summed E-state index contributed by atoms with van der Waals surface area (Å²) in [5.74, 6) is 0.00917. The maximum absolute atomic E-state index is 11.7. The van der Waals surface area contributed by atoms with Gasteiger partial charge in [0, 0.05) is 0 Å². The Labute approximate surface area is 84.8 Å². The standard InChI is InChI=1S/C10H9BrO2/c1-9-4-3-7(12)10(9,2)5-6(11)8(9)13/h3-5H,1-2H3/t9-,10+/m0/s1. The molecule has 0 heterocycles. The molecule has 0 aromatic heterocycles. The molecule has 0 spiro atoms. The number of carbonyl (C=O) groups is 2. The van der Waals surface area contributed by atoms with E-state index in [1.165, 1.54) is 6.08 Å². The van der Waals surface area contributed by atoms with E-state index in [1.54, 1.807) is 12.2 Å². The van der Waals surface area contributed by atoms with Crippen LogP contribution in [0, 0.1) is 10.8 Å². The lowest BCUT2D eigenvalue weighted by molar-refractivity contribution is -0.130. The van der Waals surface area contributed by atoms with Gasteiger partial charge in [-0.15, -0.1) is 0 Å². The Morgan fingerprint density at radius 1 is 1.23 bits per heavy atom. The summed E-state index contributed by atoms with van der Waals surface area (Å²) >= 11 is 3.18. The van der Waals surface area contributed by atoms with E-state index in [4.69, 9.17) is 0 Å². The number of rotatable bonds is 0. The molecule has 0 N–H and O–H groups in total. The van der Waals surface area contributed by atoms with Crippen molar-refractivity contribution in [2.75, 3.05) is 0 Å². The summed E-state index contributed by atoms with van der Waals surface area (Å²) in [6.07, 6.45) is 4.94. The lowest BCUT2D eigenvalue weighted by atomic mass is 9.69. The van der Waals surface area contributed by atoms with Crippen LogP contribution >= 0.6 is 15.9 Å². The Hall–Kier alpha value is -0.700. The van der Waals surface area contributed by atoms with Crippen molar-refractivity contribution in [2.24, 2.45) is 10.8 Å². The zero-order valence-electron chi connectivity index (χ0n) is 7.43. The molecule has 0 bridgehead atoms. The van der Waals surface area contributed by atoms with Crippen molar-refractivity contribution in [3.05, 3.63) is 22.7 Å². The molecule has 0 amide bonds.